The number of ether oxygens (including phenoxy) is 3. The maximum absolute atomic E-state index is 11.7. The smallest absolute Gasteiger partial charge is 0.308 e. The average molecular weight is 324 g/mol. The molecule has 0 amide bonds. The topological polar surface area (TPSA) is 65.1 Å². The maximum atomic E-state index is 11.7. The first kappa shape index (κ1) is 14.0. The summed E-state index contributed by atoms with van der Waals surface area (Å²) in [6.45, 7) is 2.82. The van der Waals surface area contributed by atoms with Gasteiger partial charge >= 0.3 is 11.9 Å². The van der Waals surface area contributed by atoms with E-state index in [0.29, 0.717) is 11.5 Å². The molecule has 2 aromatic carbocycles. The van der Waals surface area contributed by atoms with Crippen molar-refractivity contribution in [2.45, 2.75) is 44.3 Å². The van der Waals surface area contributed by atoms with Gasteiger partial charge in [-0.3, -0.25) is 9.59 Å². The largest absolute Gasteiger partial charge is 0.426 e. The number of hydrogen-bond donors (Lipinski definition) is 0. The molecule has 2 fully saturated rings. The zero-order valence-electron chi connectivity index (χ0n) is 13.4. The van der Waals surface area contributed by atoms with E-state index < -0.39 is 0 Å². The Kier molecular flexibility index (Phi) is 2.66. The minimum Gasteiger partial charge on any atom is -0.426 e. The summed E-state index contributed by atoms with van der Waals surface area (Å²) in [5.41, 5.74) is 1.98. The zero-order valence-corrected chi connectivity index (χ0v) is 13.4. The minimum absolute atomic E-state index is 0.211. The van der Waals surface area contributed by atoms with Crippen LogP contribution in [-0.2, 0) is 14.3 Å². The molecule has 24 heavy (non-hydrogen) atoms. The van der Waals surface area contributed by atoms with E-state index in [4.69, 9.17) is 14.2 Å². The third-order valence-corrected chi connectivity index (χ3v) is 5.29. The fraction of sp³-hybridized carbons (Fsp3) is 0.368. The molecule has 2 aliphatic carbocycles. The predicted molar refractivity (Wildman–Crippen MR) is 85.3 cm³/mol. The Balaban J connectivity index is 1.86. The van der Waals surface area contributed by atoms with Crippen molar-refractivity contribution in [3.8, 4) is 11.5 Å². The molecular weight excluding hydrogens is 308 g/mol. The van der Waals surface area contributed by atoms with Gasteiger partial charge in [0.1, 0.15) is 11.5 Å². The molecule has 0 spiro atoms. The molecule has 122 valence electrons. The van der Waals surface area contributed by atoms with Gasteiger partial charge in [0.2, 0.25) is 0 Å². The number of hydrogen-bond acceptors (Lipinski definition) is 5. The molecular formula is C19H16O5. The lowest BCUT2D eigenvalue weighted by molar-refractivity contribution is -0.133. The Morgan fingerprint density at radius 3 is 1.79 bits per heavy atom. The molecule has 1 aliphatic heterocycles. The Bertz CT molecular complexity index is 843. The highest BCUT2D eigenvalue weighted by molar-refractivity contribution is 5.99. The van der Waals surface area contributed by atoms with Gasteiger partial charge in [-0.2, -0.15) is 0 Å². The van der Waals surface area contributed by atoms with Crippen molar-refractivity contribution in [2.75, 3.05) is 0 Å². The standard InChI is InChI=1S/C19H16O5/c1-8(20)22-16-10-5-3-4-6-11(10)17(23-9(2)21)15-13-7-12(14(15)16)18-19(13)24-18/h3-6,12-13,18-19H,7H2,1-2H3/t12-,13-,18?,19?/m0/s1. The van der Waals surface area contributed by atoms with Gasteiger partial charge < -0.3 is 14.2 Å². The lowest BCUT2D eigenvalue weighted by Gasteiger charge is -2.22. The monoisotopic (exact) mass is 324 g/mol. The molecule has 5 nitrogen and oxygen atoms in total. The van der Waals surface area contributed by atoms with E-state index in [9.17, 15) is 9.59 Å². The first-order valence-corrected chi connectivity index (χ1v) is 8.17. The van der Waals surface area contributed by atoms with Crippen LogP contribution in [0.2, 0.25) is 0 Å². The summed E-state index contributed by atoms with van der Waals surface area (Å²) in [6, 6.07) is 7.59. The highest BCUT2D eigenvalue weighted by Gasteiger charge is 2.64. The lowest BCUT2D eigenvalue weighted by atomic mass is 9.87. The number of epoxide rings is 1. The van der Waals surface area contributed by atoms with Gasteiger partial charge in [-0.15, -0.1) is 0 Å². The van der Waals surface area contributed by atoms with Crippen LogP contribution in [0.4, 0.5) is 0 Å². The minimum atomic E-state index is -0.348. The van der Waals surface area contributed by atoms with Crippen molar-refractivity contribution >= 4 is 22.7 Å². The fourth-order valence-corrected chi connectivity index (χ4v) is 4.55. The average Bonchev–Trinajstić information content (AvgIpc) is 3.15. The Hall–Kier alpha value is -2.40. The molecule has 1 saturated heterocycles. The molecule has 1 saturated carbocycles. The van der Waals surface area contributed by atoms with Gasteiger partial charge in [-0.05, 0) is 6.42 Å². The van der Waals surface area contributed by atoms with Gasteiger partial charge in [0.15, 0.2) is 0 Å². The van der Waals surface area contributed by atoms with Crippen LogP contribution in [-0.4, -0.2) is 24.1 Å². The van der Waals surface area contributed by atoms with Crippen LogP contribution in [0, 0.1) is 0 Å². The summed E-state index contributed by atoms with van der Waals surface area (Å²) >= 11 is 0. The number of carbonyl (C=O) groups is 2. The van der Waals surface area contributed by atoms with Crippen molar-refractivity contribution in [1.82, 2.24) is 0 Å². The normalized spacial score (nSPS) is 28.4. The van der Waals surface area contributed by atoms with E-state index in [1.165, 1.54) is 13.8 Å². The Morgan fingerprint density at radius 1 is 0.917 bits per heavy atom. The zero-order chi connectivity index (χ0) is 16.6. The van der Waals surface area contributed by atoms with E-state index in [0.717, 1.165) is 28.3 Å². The van der Waals surface area contributed by atoms with E-state index in [2.05, 4.69) is 0 Å². The Morgan fingerprint density at radius 2 is 1.38 bits per heavy atom. The van der Waals surface area contributed by atoms with E-state index in [-0.39, 0.29) is 36.0 Å². The summed E-state index contributed by atoms with van der Waals surface area (Å²) in [6.07, 6.45) is 1.38. The van der Waals surface area contributed by atoms with Gasteiger partial charge in [0, 0.05) is 47.6 Å². The Labute approximate surface area is 138 Å². The summed E-state index contributed by atoms with van der Waals surface area (Å²) in [5, 5.41) is 1.60. The second-order valence-corrected chi connectivity index (χ2v) is 6.73. The number of fused-ring (bicyclic) bond motifs is 9. The van der Waals surface area contributed by atoms with E-state index in [1.54, 1.807) is 0 Å². The van der Waals surface area contributed by atoms with Crippen LogP contribution in [0.1, 0.15) is 43.2 Å². The van der Waals surface area contributed by atoms with E-state index in [1.807, 2.05) is 24.3 Å². The molecule has 2 aromatic rings. The second kappa shape index (κ2) is 4.57. The predicted octanol–water partition coefficient (Wildman–Crippen LogP) is 3.04. The van der Waals surface area contributed by atoms with Crippen molar-refractivity contribution < 1.29 is 23.8 Å². The van der Waals surface area contributed by atoms with Crippen LogP contribution in [0.3, 0.4) is 0 Å². The number of esters is 2. The van der Waals surface area contributed by atoms with Gasteiger partial charge in [0.05, 0.1) is 12.2 Å². The van der Waals surface area contributed by atoms with Gasteiger partial charge in [-0.1, -0.05) is 24.3 Å². The molecule has 4 atom stereocenters. The summed E-state index contributed by atoms with van der Waals surface area (Å²) in [7, 11) is 0. The highest BCUT2D eigenvalue weighted by atomic mass is 16.6. The number of benzene rings is 2. The van der Waals surface area contributed by atoms with E-state index >= 15 is 0 Å². The summed E-state index contributed by atoms with van der Waals surface area (Å²) in [5.74, 6) is 0.930. The first-order chi connectivity index (χ1) is 11.6. The maximum Gasteiger partial charge on any atom is 0.308 e. The van der Waals surface area contributed by atoms with Crippen molar-refractivity contribution in [1.29, 1.82) is 0 Å². The molecule has 5 heteroatoms. The molecule has 2 unspecified atom stereocenters. The molecule has 3 aliphatic rings. The van der Waals surface area contributed by atoms with Crippen molar-refractivity contribution in [2.24, 2.45) is 0 Å². The van der Waals surface area contributed by atoms with Crippen LogP contribution in [0.25, 0.3) is 10.8 Å². The molecule has 1 heterocycles. The summed E-state index contributed by atoms with van der Waals surface area (Å²) in [4.78, 5) is 23.4. The van der Waals surface area contributed by atoms with Crippen molar-refractivity contribution in [3.05, 3.63) is 35.4 Å². The lowest BCUT2D eigenvalue weighted by Crippen LogP contribution is -2.15. The SMILES string of the molecule is CC(=O)Oc1c2c(c(OC(C)=O)c3ccccc13)[C@@H]1C[C@@H]2C2OC21. The fourth-order valence-electron chi connectivity index (χ4n) is 4.55. The molecule has 0 aromatic heterocycles. The first-order valence-electron chi connectivity index (χ1n) is 8.17. The van der Waals surface area contributed by atoms with Crippen LogP contribution >= 0.6 is 0 Å². The van der Waals surface area contributed by atoms with Gasteiger partial charge in [-0.25, -0.2) is 0 Å². The number of carbonyl (C=O) groups excluding carboxylic acids is 2. The molecule has 0 radical (unpaired) electrons. The highest BCUT2D eigenvalue weighted by Crippen LogP contribution is 2.67. The molecule has 5 rings (SSSR count). The van der Waals surface area contributed by atoms with Crippen LogP contribution in [0.15, 0.2) is 24.3 Å². The van der Waals surface area contributed by atoms with Crippen LogP contribution < -0.4 is 9.47 Å². The molecule has 0 N–H and O–H groups in total. The summed E-state index contributed by atoms with van der Waals surface area (Å²) < 4.78 is 17.0. The quantitative estimate of drug-likeness (QED) is 0.482. The van der Waals surface area contributed by atoms with Gasteiger partial charge in [0.25, 0.3) is 0 Å². The second-order valence-electron chi connectivity index (χ2n) is 6.73. The molecule has 2 bridgehead atoms. The third-order valence-electron chi connectivity index (χ3n) is 5.29. The van der Waals surface area contributed by atoms with Crippen LogP contribution in [0.5, 0.6) is 11.5 Å². The third kappa shape index (κ3) is 1.73. The van der Waals surface area contributed by atoms with Crippen molar-refractivity contribution in [3.63, 3.8) is 0 Å². The number of rotatable bonds is 2.